The molecule has 0 bridgehead atoms. The summed E-state index contributed by atoms with van der Waals surface area (Å²) in [6, 6.07) is 0. The number of rotatable bonds is 30. The molecule has 0 aromatic rings. The molecule has 0 fully saturated rings. The molecule has 0 rings (SSSR count). The number of unbranched alkanes of at least 4 members (excludes halogenated alkanes) is 2. The Hall–Kier alpha value is -0.940. The van der Waals surface area contributed by atoms with E-state index in [1.807, 2.05) is 0 Å². The second-order valence-corrected chi connectivity index (χ2v) is 9.30. The van der Waals surface area contributed by atoms with Crippen LogP contribution < -0.4 is 5.32 Å². The number of carbonyl (C=O) groups excluding carboxylic acids is 1. The highest BCUT2D eigenvalue weighted by atomic mass is 32.2. The third kappa shape index (κ3) is 33.0. The number of amides is 1. The van der Waals surface area contributed by atoms with Crippen molar-refractivity contribution in [2.45, 2.75) is 25.7 Å². The summed E-state index contributed by atoms with van der Waals surface area (Å²) in [5.74, 6) is -0.381. The Morgan fingerprint density at radius 2 is 0.973 bits per heavy atom. The minimum absolute atomic E-state index is 0.110. The van der Waals surface area contributed by atoms with E-state index in [1.54, 1.807) is 7.11 Å². The summed E-state index contributed by atoms with van der Waals surface area (Å²) in [7, 11) is -2.28. The van der Waals surface area contributed by atoms with Crippen LogP contribution in [0.3, 0.4) is 0 Å². The van der Waals surface area contributed by atoms with Crippen LogP contribution in [0.5, 0.6) is 0 Å². The van der Waals surface area contributed by atoms with Crippen LogP contribution in [-0.4, -0.2) is 137 Å². The predicted octanol–water partition coefficient (Wildman–Crippen LogP) is 0.313. The van der Waals surface area contributed by atoms with Gasteiger partial charge in [0.05, 0.1) is 105 Å². The molecule has 0 aliphatic heterocycles. The van der Waals surface area contributed by atoms with Gasteiger partial charge < -0.3 is 43.2 Å². The topological polar surface area (TPSA) is 157 Å². The molecule has 0 saturated heterocycles. The number of carbonyl (C=O) groups is 1. The number of ether oxygens (including phenoxy) is 8. The first-order chi connectivity index (χ1) is 18.0. The number of hydrogen-bond acceptors (Lipinski definition) is 11. The lowest BCUT2D eigenvalue weighted by Gasteiger charge is -2.09. The van der Waals surface area contributed by atoms with Gasteiger partial charge in [0.15, 0.2) is 0 Å². The maximum atomic E-state index is 11.6. The van der Waals surface area contributed by atoms with Gasteiger partial charge in [-0.15, -0.1) is 0 Å². The van der Waals surface area contributed by atoms with Gasteiger partial charge in [0.25, 0.3) is 10.1 Å². The van der Waals surface area contributed by atoms with Gasteiger partial charge in [-0.05, 0) is 12.8 Å². The molecule has 37 heavy (non-hydrogen) atoms. The summed E-state index contributed by atoms with van der Waals surface area (Å²) in [6.07, 6.45) is 1.80. The Morgan fingerprint density at radius 3 is 1.35 bits per heavy atom. The Morgan fingerprint density at radius 1 is 0.595 bits per heavy atom. The first-order valence-corrected chi connectivity index (χ1v) is 14.3. The highest BCUT2D eigenvalue weighted by Crippen LogP contribution is 2.01. The molecular weight excluding hydrogens is 514 g/mol. The number of methoxy groups -OCH3 is 1. The van der Waals surface area contributed by atoms with Crippen molar-refractivity contribution < 1.29 is 55.7 Å². The Labute approximate surface area is 221 Å². The molecule has 0 spiro atoms. The monoisotopic (exact) mass is 561 g/mol. The van der Waals surface area contributed by atoms with Crippen LogP contribution in [0.2, 0.25) is 0 Å². The fourth-order valence-electron chi connectivity index (χ4n) is 2.66. The van der Waals surface area contributed by atoms with Crippen LogP contribution in [0.4, 0.5) is 0 Å². The molecule has 0 heterocycles. The summed E-state index contributed by atoms with van der Waals surface area (Å²) in [5, 5.41) is 2.73. The molecule has 0 saturated carbocycles. The van der Waals surface area contributed by atoms with Crippen LogP contribution >= 0.6 is 0 Å². The lowest BCUT2D eigenvalue weighted by atomic mass is 10.2. The zero-order valence-electron chi connectivity index (χ0n) is 22.2. The van der Waals surface area contributed by atoms with Crippen molar-refractivity contribution in [3.05, 3.63) is 0 Å². The SMILES string of the molecule is COCCOCCOCCOCCOCCOCCOCCOCCNC(=O)CCCCCS(=O)(=O)O. The summed E-state index contributed by atoms with van der Waals surface area (Å²) in [5.41, 5.74) is 0. The fraction of sp³-hybridized carbons (Fsp3) is 0.957. The molecule has 1 amide bonds. The lowest BCUT2D eigenvalue weighted by Crippen LogP contribution is -2.27. The van der Waals surface area contributed by atoms with E-state index in [2.05, 4.69) is 5.32 Å². The molecule has 0 aliphatic carbocycles. The largest absolute Gasteiger partial charge is 0.382 e. The molecular formula is C23H47NO12S. The molecule has 0 unspecified atom stereocenters. The Balaban J connectivity index is 3.14. The average molecular weight is 562 g/mol. The van der Waals surface area contributed by atoms with Gasteiger partial charge in [-0.2, -0.15) is 8.42 Å². The van der Waals surface area contributed by atoms with E-state index in [1.165, 1.54) is 0 Å². The third-order valence-electron chi connectivity index (χ3n) is 4.54. The molecule has 2 N–H and O–H groups in total. The summed E-state index contributed by atoms with van der Waals surface area (Å²) in [4.78, 5) is 11.6. The molecule has 0 aromatic heterocycles. The zero-order valence-corrected chi connectivity index (χ0v) is 23.0. The van der Waals surface area contributed by atoms with Crippen LogP contribution in [0.15, 0.2) is 0 Å². The van der Waals surface area contributed by atoms with Crippen LogP contribution in [0.1, 0.15) is 25.7 Å². The van der Waals surface area contributed by atoms with Gasteiger partial charge in [-0.25, -0.2) is 0 Å². The predicted molar refractivity (Wildman–Crippen MR) is 136 cm³/mol. The molecule has 13 nitrogen and oxygen atoms in total. The van der Waals surface area contributed by atoms with Gasteiger partial charge in [-0.1, -0.05) is 6.42 Å². The second kappa shape index (κ2) is 28.1. The van der Waals surface area contributed by atoms with Gasteiger partial charge in [0.1, 0.15) is 0 Å². The van der Waals surface area contributed by atoms with Gasteiger partial charge in [0, 0.05) is 20.1 Å². The maximum Gasteiger partial charge on any atom is 0.264 e. The van der Waals surface area contributed by atoms with Crippen molar-refractivity contribution in [2.24, 2.45) is 0 Å². The smallest absolute Gasteiger partial charge is 0.264 e. The van der Waals surface area contributed by atoms with Crippen LogP contribution in [0.25, 0.3) is 0 Å². The molecule has 0 aromatic carbocycles. The molecule has 0 atom stereocenters. The minimum Gasteiger partial charge on any atom is -0.382 e. The summed E-state index contributed by atoms with van der Waals surface area (Å²) >= 11 is 0. The van der Waals surface area contributed by atoms with Crippen molar-refractivity contribution in [2.75, 3.05) is 119 Å². The highest BCUT2D eigenvalue weighted by molar-refractivity contribution is 7.85. The Kier molecular flexibility index (Phi) is 27.4. The standard InChI is InChI=1S/C23H47NO12S/c1-29-8-9-31-12-13-33-16-17-35-20-21-36-19-18-34-15-14-32-11-10-30-7-6-24-23(25)5-3-2-4-22-37(26,27)28/h2-22H2,1H3,(H,24,25)(H,26,27,28). The van der Waals surface area contributed by atoms with E-state index < -0.39 is 10.1 Å². The first kappa shape index (κ1) is 36.1. The lowest BCUT2D eigenvalue weighted by molar-refractivity contribution is -0.121. The van der Waals surface area contributed by atoms with E-state index in [0.29, 0.717) is 131 Å². The Bertz CT molecular complexity index is 594. The van der Waals surface area contributed by atoms with Crippen molar-refractivity contribution >= 4 is 16.0 Å². The number of hydrogen-bond donors (Lipinski definition) is 2. The highest BCUT2D eigenvalue weighted by Gasteiger charge is 2.05. The third-order valence-corrected chi connectivity index (χ3v) is 5.34. The van der Waals surface area contributed by atoms with Gasteiger partial charge in [-0.3, -0.25) is 9.35 Å². The van der Waals surface area contributed by atoms with Gasteiger partial charge in [0.2, 0.25) is 5.91 Å². The average Bonchev–Trinajstić information content (AvgIpc) is 2.85. The minimum atomic E-state index is -3.92. The molecule has 14 heteroatoms. The maximum absolute atomic E-state index is 11.6. The molecule has 222 valence electrons. The first-order valence-electron chi connectivity index (χ1n) is 12.7. The van der Waals surface area contributed by atoms with E-state index in [4.69, 9.17) is 42.4 Å². The van der Waals surface area contributed by atoms with E-state index >= 15 is 0 Å². The van der Waals surface area contributed by atoms with E-state index in [0.717, 1.165) is 0 Å². The summed E-state index contributed by atoms with van der Waals surface area (Å²) < 4.78 is 72.3. The van der Waals surface area contributed by atoms with Crippen LogP contribution in [0, 0.1) is 0 Å². The van der Waals surface area contributed by atoms with Crippen molar-refractivity contribution in [1.82, 2.24) is 5.32 Å². The quantitative estimate of drug-likeness (QED) is 0.0915. The second-order valence-electron chi connectivity index (χ2n) is 7.73. The van der Waals surface area contributed by atoms with Gasteiger partial charge >= 0.3 is 0 Å². The fourth-order valence-corrected chi connectivity index (χ4v) is 3.23. The van der Waals surface area contributed by atoms with Crippen molar-refractivity contribution in [1.29, 1.82) is 0 Å². The van der Waals surface area contributed by atoms with E-state index in [9.17, 15) is 13.2 Å². The zero-order chi connectivity index (χ0) is 27.3. The molecule has 0 radical (unpaired) electrons. The molecule has 0 aliphatic rings. The summed E-state index contributed by atoms with van der Waals surface area (Å²) in [6.45, 7) is 7.77. The van der Waals surface area contributed by atoms with Crippen molar-refractivity contribution in [3.8, 4) is 0 Å². The van der Waals surface area contributed by atoms with Crippen LogP contribution in [-0.2, 0) is 52.8 Å². The van der Waals surface area contributed by atoms with Crippen molar-refractivity contribution in [3.63, 3.8) is 0 Å². The normalized spacial score (nSPS) is 11.7. The van der Waals surface area contributed by atoms with E-state index in [-0.39, 0.29) is 11.7 Å². The number of nitrogens with one attached hydrogen (secondary N) is 1.